The molecule has 3 rings (SSSR count). The molecule has 1 aromatic heterocycles. The summed E-state index contributed by atoms with van der Waals surface area (Å²) in [6.07, 6.45) is 5.94. The van der Waals surface area contributed by atoms with Crippen molar-refractivity contribution in [3.8, 4) is 6.07 Å². The normalized spacial score (nSPS) is 15.8. The number of nitrogens with zero attached hydrogens (tertiary/aromatic N) is 4. The lowest BCUT2D eigenvalue weighted by Crippen LogP contribution is -2.14. The summed E-state index contributed by atoms with van der Waals surface area (Å²) >= 11 is 6.23. The van der Waals surface area contributed by atoms with Crippen LogP contribution in [-0.2, 0) is 6.54 Å². The highest BCUT2D eigenvalue weighted by Gasteiger charge is 2.24. The number of halogens is 1. The molecule has 0 unspecified atom stereocenters. The van der Waals surface area contributed by atoms with E-state index >= 15 is 0 Å². The van der Waals surface area contributed by atoms with Crippen LogP contribution < -0.4 is 0 Å². The van der Waals surface area contributed by atoms with E-state index in [2.05, 4.69) is 16.4 Å². The van der Waals surface area contributed by atoms with Crippen molar-refractivity contribution in [1.82, 2.24) is 15.0 Å². The van der Waals surface area contributed by atoms with Gasteiger partial charge >= 0.3 is 0 Å². The van der Waals surface area contributed by atoms with Crippen molar-refractivity contribution in [2.24, 2.45) is 0 Å². The Morgan fingerprint density at radius 3 is 2.71 bits per heavy atom. The van der Waals surface area contributed by atoms with Gasteiger partial charge < -0.3 is 0 Å². The van der Waals surface area contributed by atoms with E-state index in [0.717, 1.165) is 29.1 Å². The number of benzene rings is 1. The maximum atomic E-state index is 9.29. The van der Waals surface area contributed by atoms with E-state index in [-0.39, 0.29) is 0 Å². The largest absolute Gasteiger partial charge is 0.243 e. The molecule has 108 valence electrons. The molecule has 0 aliphatic heterocycles. The zero-order valence-electron chi connectivity index (χ0n) is 11.8. The Balaban J connectivity index is 1.94. The summed E-state index contributed by atoms with van der Waals surface area (Å²) in [5.74, 6) is 0.394. The Labute approximate surface area is 129 Å². The highest BCUT2D eigenvalue weighted by molar-refractivity contribution is 6.31. The van der Waals surface area contributed by atoms with Gasteiger partial charge in [-0.25, -0.2) is 4.68 Å². The fraction of sp³-hybridized carbons (Fsp3) is 0.438. The van der Waals surface area contributed by atoms with E-state index in [1.165, 1.54) is 19.3 Å². The van der Waals surface area contributed by atoms with Gasteiger partial charge in [0, 0.05) is 10.9 Å². The van der Waals surface area contributed by atoms with Crippen molar-refractivity contribution in [3.63, 3.8) is 0 Å². The van der Waals surface area contributed by atoms with Crippen LogP contribution >= 0.6 is 11.6 Å². The number of nitriles is 1. The minimum atomic E-state index is 0.394. The zero-order chi connectivity index (χ0) is 14.7. The number of hydrogen-bond acceptors (Lipinski definition) is 3. The van der Waals surface area contributed by atoms with Gasteiger partial charge in [0.1, 0.15) is 6.07 Å². The molecular weight excluding hydrogens is 284 g/mol. The highest BCUT2D eigenvalue weighted by Crippen LogP contribution is 2.34. The summed E-state index contributed by atoms with van der Waals surface area (Å²) in [7, 11) is 0. The Morgan fingerprint density at radius 1 is 1.24 bits per heavy atom. The first-order valence-corrected chi connectivity index (χ1v) is 7.74. The molecule has 0 atom stereocenters. The molecule has 0 spiro atoms. The predicted molar refractivity (Wildman–Crippen MR) is 81.1 cm³/mol. The smallest absolute Gasteiger partial charge is 0.186 e. The van der Waals surface area contributed by atoms with Crippen molar-refractivity contribution < 1.29 is 0 Å². The molecule has 1 saturated carbocycles. The second kappa shape index (κ2) is 6.28. The SMILES string of the molecule is N#Cc1nnn(Cc2ccccc2Cl)c1C1CCCCC1. The summed E-state index contributed by atoms with van der Waals surface area (Å²) in [4.78, 5) is 0. The van der Waals surface area contributed by atoms with Crippen LogP contribution in [0.25, 0.3) is 0 Å². The monoisotopic (exact) mass is 300 g/mol. The fourth-order valence-corrected chi connectivity index (χ4v) is 3.28. The Bertz CT molecular complexity index is 665. The van der Waals surface area contributed by atoms with Crippen LogP contribution in [0.4, 0.5) is 0 Å². The summed E-state index contributed by atoms with van der Waals surface area (Å²) in [5, 5.41) is 18.2. The molecule has 1 aliphatic carbocycles. The van der Waals surface area contributed by atoms with E-state index in [1.54, 1.807) is 0 Å². The fourth-order valence-electron chi connectivity index (χ4n) is 3.08. The molecule has 1 heterocycles. The molecule has 0 amide bonds. The van der Waals surface area contributed by atoms with Crippen LogP contribution in [0.15, 0.2) is 24.3 Å². The third kappa shape index (κ3) is 2.93. The standard InChI is InChI=1S/C16H17ClN4/c17-14-9-5-4-8-13(14)11-21-16(15(10-18)19-20-21)12-6-2-1-3-7-12/h4-5,8-9,12H,1-3,6-7,11H2. The zero-order valence-corrected chi connectivity index (χ0v) is 12.6. The summed E-state index contributed by atoms with van der Waals surface area (Å²) < 4.78 is 1.86. The van der Waals surface area contributed by atoms with Gasteiger partial charge in [0.15, 0.2) is 5.69 Å². The van der Waals surface area contributed by atoms with Gasteiger partial charge in [0.25, 0.3) is 0 Å². The average molecular weight is 301 g/mol. The predicted octanol–water partition coefficient (Wildman–Crippen LogP) is 3.90. The molecule has 0 bridgehead atoms. The first kappa shape index (κ1) is 14.1. The van der Waals surface area contributed by atoms with Crippen molar-refractivity contribution in [1.29, 1.82) is 5.26 Å². The first-order chi connectivity index (χ1) is 10.3. The molecule has 0 radical (unpaired) electrons. The van der Waals surface area contributed by atoms with E-state index in [1.807, 2.05) is 28.9 Å². The molecular formula is C16H17ClN4. The van der Waals surface area contributed by atoms with Crippen molar-refractivity contribution in [2.45, 2.75) is 44.6 Å². The van der Waals surface area contributed by atoms with Crippen LogP contribution in [0, 0.1) is 11.3 Å². The van der Waals surface area contributed by atoms with Crippen LogP contribution in [0.3, 0.4) is 0 Å². The van der Waals surface area contributed by atoms with Crippen LogP contribution in [0.1, 0.15) is 55.0 Å². The molecule has 0 N–H and O–H groups in total. The maximum absolute atomic E-state index is 9.29. The van der Waals surface area contributed by atoms with Crippen molar-refractivity contribution >= 4 is 11.6 Å². The van der Waals surface area contributed by atoms with Crippen molar-refractivity contribution in [3.05, 3.63) is 46.2 Å². The van der Waals surface area contributed by atoms with Crippen LogP contribution in [0.5, 0.6) is 0 Å². The maximum Gasteiger partial charge on any atom is 0.186 e. The highest BCUT2D eigenvalue weighted by atomic mass is 35.5. The summed E-state index contributed by atoms with van der Waals surface area (Å²) in [6, 6.07) is 9.92. The summed E-state index contributed by atoms with van der Waals surface area (Å²) in [6.45, 7) is 0.570. The molecule has 1 aromatic carbocycles. The van der Waals surface area contributed by atoms with E-state index in [0.29, 0.717) is 18.2 Å². The lowest BCUT2D eigenvalue weighted by atomic mass is 9.86. The Morgan fingerprint density at radius 2 is 2.00 bits per heavy atom. The molecule has 21 heavy (non-hydrogen) atoms. The van der Waals surface area contributed by atoms with Gasteiger partial charge in [-0.15, -0.1) is 5.10 Å². The first-order valence-electron chi connectivity index (χ1n) is 7.36. The van der Waals surface area contributed by atoms with E-state index in [9.17, 15) is 5.26 Å². The third-order valence-corrected chi connectivity index (χ3v) is 4.52. The second-order valence-electron chi connectivity index (χ2n) is 5.52. The van der Waals surface area contributed by atoms with Gasteiger partial charge in [-0.1, -0.05) is 54.3 Å². The lowest BCUT2D eigenvalue weighted by molar-refractivity contribution is 0.419. The summed E-state index contributed by atoms with van der Waals surface area (Å²) in [5.41, 5.74) is 2.46. The number of hydrogen-bond donors (Lipinski definition) is 0. The Kier molecular flexibility index (Phi) is 4.21. The van der Waals surface area contributed by atoms with Gasteiger partial charge in [-0.3, -0.25) is 0 Å². The van der Waals surface area contributed by atoms with Crippen LogP contribution in [0.2, 0.25) is 5.02 Å². The molecule has 2 aromatic rings. The molecule has 1 fully saturated rings. The van der Waals surface area contributed by atoms with Crippen LogP contribution in [-0.4, -0.2) is 15.0 Å². The van der Waals surface area contributed by atoms with Gasteiger partial charge in [-0.05, 0) is 24.5 Å². The molecule has 5 heteroatoms. The number of aromatic nitrogens is 3. The molecule has 1 aliphatic rings. The molecule has 0 saturated heterocycles. The van der Waals surface area contributed by atoms with E-state index < -0.39 is 0 Å². The average Bonchev–Trinajstić information content (AvgIpc) is 2.93. The van der Waals surface area contributed by atoms with Gasteiger partial charge in [0.2, 0.25) is 0 Å². The third-order valence-electron chi connectivity index (χ3n) is 4.15. The minimum Gasteiger partial charge on any atom is -0.243 e. The van der Waals surface area contributed by atoms with Gasteiger partial charge in [-0.2, -0.15) is 5.26 Å². The molecule has 4 nitrogen and oxygen atoms in total. The van der Waals surface area contributed by atoms with E-state index in [4.69, 9.17) is 11.6 Å². The van der Waals surface area contributed by atoms with Crippen molar-refractivity contribution in [2.75, 3.05) is 0 Å². The topological polar surface area (TPSA) is 54.5 Å². The minimum absolute atomic E-state index is 0.394. The second-order valence-corrected chi connectivity index (χ2v) is 5.93. The lowest BCUT2D eigenvalue weighted by Gasteiger charge is -2.22. The number of rotatable bonds is 3. The van der Waals surface area contributed by atoms with Gasteiger partial charge in [0.05, 0.1) is 12.2 Å². The quantitative estimate of drug-likeness (QED) is 0.864. The Hall–Kier alpha value is -1.86.